The molecule has 1 aromatic rings. The van der Waals surface area contributed by atoms with Gasteiger partial charge < -0.3 is 4.74 Å². The average Bonchev–Trinajstić information content (AvgIpc) is 1.88. The van der Waals surface area contributed by atoms with Crippen LogP contribution in [0.3, 0.4) is 0 Å². The Morgan fingerprint density at radius 1 is 1.70 bits per heavy atom. The van der Waals surface area contributed by atoms with E-state index in [1.807, 2.05) is 19.9 Å². The molecule has 0 aliphatic carbocycles. The first-order valence-corrected chi connectivity index (χ1v) is 3.30. The number of aryl methyl sites for hydroxylation is 1. The molecule has 1 rings (SSSR count). The van der Waals surface area contributed by atoms with Crippen molar-refractivity contribution in [3.8, 4) is 5.75 Å². The molecule has 0 aliphatic heterocycles. The van der Waals surface area contributed by atoms with Gasteiger partial charge in [0.05, 0.1) is 19.0 Å². The Bertz CT molecular complexity index is 210. The van der Waals surface area contributed by atoms with Crippen molar-refractivity contribution in [2.75, 3.05) is 6.61 Å². The van der Waals surface area contributed by atoms with Gasteiger partial charge in [0.25, 0.3) is 0 Å². The van der Waals surface area contributed by atoms with Gasteiger partial charge in [-0.2, -0.15) is 0 Å². The molecule has 0 fully saturated rings. The molecule has 0 unspecified atom stereocenters. The molecule has 0 aliphatic rings. The Morgan fingerprint density at radius 2 is 2.50 bits per heavy atom. The number of aromatic nitrogens is 1. The fourth-order valence-electron chi connectivity index (χ4n) is 0.726. The minimum absolute atomic E-state index is 0.686. The first kappa shape index (κ1) is 7.06. The Balaban J connectivity index is 2.75. The van der Waals surface area contributed by atoms with Gasteiger partial charge in [0.15, 0.2) is 0 Å². The lowest BCUT2D eigenvalue weighted by Gasteiger charge is -2.00. The summed E-state index contributed by atoms with van der Waals surface area (Å²) < 4.78 is 5.20. The zero-order chi connectivity index (χ0) is 7.40. The van der Waals surface area contributed by atoms with Crippen LogP contribution in [0.1, 0.15) is 12.5 Å². The number of hydrogen-bond donors (Lipinski definition) is 0. The monoisotopic (exact) mass is 136 g/mol. The number of ether oxygens (including phenoxy) is 1. The summed E-state index contributed by atoms with van der Waals surface area (Å²) in [6.45, 7) is 4.58. The second kappa shape index (κ2) is 3.20. The summed E-state index contributed by atoms with van der Waals surface area (Å²) in [7, 11) is 0. The van der Waals surface area contributed by atoms with E-state index in [2.05, 4.69) is 11.2 Å². The van der Waals surface area contributed by atoms with Crippen LogP contribution in [0.5, 0.6) is 5.75 Å². The van der Waals surface area contributed by atoms with Gasteiger partial charge in [-0.05, 0) is 25.5 Å². The number of hydrogen-bond acceptors (Lipinski definition) is 2. The van der Waals surface area contributed by atoms with Gasteiger partial charge in [-0.15, -0.1) is 0 Å². The Labute approximate surface area is 60.9 Å². The lowest BCUT2D eigenvalue weighted by atomic mass is 10.3. The van der Waals surface area contributed by atoms with Gasteiger partial charge in [0.2, 0.25) is 0 Å². The standard InChI is InChI=1S/C8H10NO/c1-3-10-8-4-7(2)5-9-6-8/h4,6H,3H2,1-2H3. The summed E-state index contributed by atoms with van der Waals surface area (Å²) in [5.74, 6) is 0.818. The molecule has 10 heavy (non-hydrogen) atoms. The fourth-order valence-corrected chi connectivity index (χ4v) is 0.726. The zero-order valence-corrected chi connectivity index (χ0v) is 6.22. The topological polar surface area (TPSA) is 22.1 Å². The normalized spacial score (nSPS) is 9.40. The predicted molar refractivity (Wildman–Crippen MR) is 39.0 cm³/mol. The summed E-state index contributed by atoms with van der Waals surface area (Å²) in [6.07, 6.45) is 4.46. The zero-order valence-electron chi connectivity index (χ0n) is 6.22. The van der Waals surface area contributed by atoms with Crippen molar-refractivity contribution in [3.05, 3.63) is 24.0 Å². The van der Waals surface area contributed by atoms with Gasteiger partial charge >= 0.3 is 0 Å². The van der Waals surface area contributed by atoms with Gasteiger partial charge in [-0.25, -0.2) is 0 Å². The van der Waals surface area contributed by atoms with Crippen LogP contribution < -0.4 is 4.74 Å². The molecule has 53 valence electrons. The summed E-state index contributed by atoms with van der Waals surface area (Å²) in [4.78, 5) is 3.85. The van der Waals surface area contributed by atoms with Gasteiger partial charge in [0.1, 0.15) is 5.75 Å². The van der Waals surface area contributed by atoms with Gasteiger partial charge in [-0.1, -0.05) is 0 Å². The van der Waals surface area contributed by atoms with Crippen LogP contribution in [-0.4, -0.2) is 11.6 Å². The lowest BCUT2D eigenvalue weighted by Crippen LogP contribution is -1.92. The quantitative estimate of drug-likeness (QED) is 0.616. The van der Waals surface area contributed by atoms with Crippen LogP contribution in [0, 0.1) is 13.1 Å². The van der Waals surface area contributed by atoms with Crippen molar-refractivity contribution in [1.82, 2.24) is 4.98 Å². The maximum Gasteiger partial charge on any atom is 0.137 e. The van der Waals surface area contributed by atoms with E-state index in [1.165, 1.54) is 0 Å². The molecule has 0 aromatic carbocycles. The maximum absolute atomic E-state index is 5.20. The predicted octanol–water partition coefficient (Wildman–Crippen LogP) is 1.59. The van der Waals surface area contributed by atoms with Crippen LogP contribution in [0.4, 0.5) is 0 Å². The van der Waals surface area contributed by atoms with Crippen molar-refractivity contribution >= 4 is 0 Å². The molecule has 2 nitrogen and oxygen atoms in total. The minimum Gasteiger partial charge on any atom is -0.492 e. The molecule has 0 bridgehead atoms. The van der Waals surface area contributed by atoms with Crippen molar-refractivity contribution < 1.29 is 4.74 Å². The van der Waals surface area contributed by atoms with E-state index in [0.29, 0.717) is 6.61 Å². The van der Waals surface area contributed by atoms with Crippen LogP contribution in [-0.2, 0) is 0 Å². The largest absolute Gasteiger partial charge is 0.492 e. The third-order valence-electron chi connectivity index (χ3n) is 1.10. The number of rotatable bonds is 2. The minimum atomic E-state index is 0.686. The highest BCUT2D eigenvalue weighted by Gasteiger charge is 1.90. The number of nitrogens with zero attached hydrogens (tertiary/aromatic N) is 1. The highest BCUT2D eigenvalue weighted by atomic mass is 16.5. The van der Waals surface area contributed by atoms with E-state index >= 15 is 0 Å². The summed E-state index contributed by atoms with van der Waals surface area (Å²) >= 11 is 0. The molecule has 0 atom stereocenters. The lowest BCUT2D eigenvalue weighted by molar-refractivity contribution is 0.338. The van der Waals surface area contributed by atoms with Crippen molar-refractivity contribution in [2.24, 2.45) is 0 Å². The molecular weight excluding hydrogens is 126 g/mol. The molecule has 1 aromatic heterocycles. The Kier molecular flexibility index (Phi) is 2.26. The van der Waals surface area contributed by atoms with E-state index in [4.69, 9.17) is 4.74 Å². The second-order valence-electron chi connectivity index (χ2n) is 2.03. The van der Waals surface area contributed by atoms with E-state index < -0.39 is 0 Å². The van der Waals surface area contributed by atoms with Gasteiger partial charge in [-0.3, -0.25) is 4.98 Å². The Hall–Kier alpha value is -1.05. The van der Waals surface area contributed by atoms with Crippen LogP contribution in [0.15, 0.2) is 12.3 Å². The van der Waals surface area contributed by atoms with Crippen LogP contribution in [0.25, 0.3) is 0 Å². The summed E-state index contributed by atoms with van der Waals surface area (Å²) in [6, 6.07) is 1.91. The van der Waals surface area contributed by atoms with Crippen LogP contribution >= 0.6 is 0 Å². The van der Waals surface area contributed by atoms with E-state index in [0.717, 1.165) is 11.3 Å². The van der Waals surface area contributed by atoms with Crippen molar-refractivity contribution in [2.45, 2.75) is 13.8 Å². The number of pyridine rings is 1. The molecule has 0 N–H and O–H groups in total. The molecule has 0 saturated heterocycles. The van der Waals surface area contributed by atoms with Crippen molar-refractivity contribution in [3.63, 3.8) is 0 Å². The molecule has 2 heteroatoms. The summed E-state index contributed by atoms with van der Waals surface area (Å²) in [5, 5.41) is 0. The molecular formula is C8H10NO. The van der Waals surface area contributed by atoms with Gasteiger partial charge in [0, 0.05) is 0 Å². The molecule has 0 saturated carbocycles. The average molecular weight is 136 g/mol. The van der Waals surface area contributed by atoms with E-state index in [1.54, 1.807) is 6.20 Å². The Morgan fingerprint density at radius 3 is 3.10 bits per heavy atom. The SMILES string of the molecule is CCOc1cn[c]c(C)c1. The third kappa shape index (κ3) is 1.72. The maximum atomic E-state index is 5.20. The van der Waals surface area contributed by atoms with E-state index in [9.17, 15) is 0 Å². The smallest absolute Gasteiger partial charge is 0.137 e. The highest BCUT2D eigenvalue weighted by molar-refractivity contribution is 5.21. The van der Waals surface area contributed by atoms with Crippen LogP contribution in [0.2, 0.25) is 0 Å². The molecule has 0 spiro atoms. The fraction of sp³-hybridized carbons (Fsp3) is 0.375. The molecule has 0 amide bonds. The van der Waals surface area contributed by atoms with Crippen molar-refractivity contribution in [1.29, 1.82) is 0 Å². The third-order valence-corrected chi connectivity index (χ3v) is 1.10. The first-order chi connectivity index (χ1) is 4.83. The summed E-state index contributed by atoms with van der Waals surface area (Å²) in [5.41, 5.74) is 1.01. The first-order valence-electron chi connectivity index (χ1n) is 3.30. The highest BCUT2D eigenvalue weighted by Crippen LogP contribution is 2.08. The molecule has 1 heterocycles. The van der Waals surface area contributed by atoms with E-state index in [-0.39, 0.29) is 0 Å². The molecule has 1 radical (unpaired) electrons. The second-order valence-corrected chi connectivity index (χ2v) is 2.03.